The fourth-order valence-corrected chi connectivity index (χ4v) is 4.87. The van der Waals surface area contributed by atoms with Crippen LogP contribution in [0.3, 0.4) is 0 Å². The average Bonchev–Trinajstić information content (AvgIpc) is 2.80. The van der Waals surface area contributed by atoms with E-state index >= 15 is 0 Å². The maximum Gasteiger partial charge on any atom is 0.223 e. The van der Waals surface area contributed by atoms with Crippen LogP contribution in [0.1, 0.15) is 58.3 Å². The molecule has 0 radical (unpaired) electrons. The van der Waals surface area contributed by atoms with E-state index in [9.17, 15) is 4.79 Å². The Hall–Kier alpha value is -2.18. The van der Waals surface area contributed by atoms with Gasteiger partial charge >= 0.3 is 0 Å². The molecule has 2 saturated carbocycles. The molecule has 31 heavy (non-hydrogen) atoms. The summed E-state index contributed by atoms with van der Waals surface area (Å²) < 4.78 is 12.2. The highest BCUT2D eigenvalue weighted by Crippen LogP contribution is 2.30. The summed E-state index contributed by atoms with van der Waals surface area (Å²) in [5.74, 6) is 1.10. The fraction of sp³-hybridized carbons (Fsp3) is 0.600. The van der Waals surface area contributed by atoms with Crippen molar-refractivity contribution in [1.82, 2.24) is 10.3 Å². The summed E-state index contributed by atoms with van der Waals surface area (Å²) in [6.07, 6.45) is 11.1. The van der Waals surface area contributed by atoms with Crippen LogP contribution in [0.2, 0.25) is 0 Å². The standard InChI is InChI=1S/C25H35N3O3/c1-2-14-30-24-15-17(6-11-22(24)26)25(29)28-19-7-9-20(10-8-19)31-23-5-3-4-18-16-27-13-12-21(18)23/h3-5,12-13,16-17,19-20,22,24H,2,6-11,14-15,26H2,1H3,(H,28,29)/t17-,19?,20?,22-,24-/m0/s1. The lowest BCUT2D eigenvalue weighted by molar-refractivity contribution is -0.129. The number of nitrogens with two attached hydrogens (primary N) is 1. The predicted molar refractivity (Wildman–Crippen MR) is 122 cm³/mol. The lowest BCUT2D eigenvalue weighted by atomic mass is 9.83. The van der Waals surface area contributed by atoms with Crippen LogP contribution in [0.4, 0.5) is 0 Å². The molecule has 0 spiro atoms. The Morgan fingerprint density at radius 1 is 1.16 bits per heavy atom. The van der Waals surface area contributed by atoms with Crippen molar-refractivity contribution in [2.45, 2.75) is 82.6 Å². The Morgan fingerprint density at radius 2 is 2.00 bits per heavy atom. The number of carbonyl (C=O) groups is 1. The molecule has 0 saturated heterocycles. The Labute approximate surface area is 184 Å². The minimum absolute atomic E-state index is 0.00415. The molecular weight excluding hydrogens is 390 g/mol. The van der Waals surface area contributed by atoms with Crippen molar-refractivity contribution in [1.29, 1.82) is 0 Å². The van der Waals surface area contributed by atoms with Crippen LogP contribution in [0.15, 0.2) is 36.7 Å². The first-order valence-electron chi connectivity index (χ1n) is 11.8. The summed E-state index contributed by atoms with van der Waals surface area (Å²) in [5.41, 5.74) is 6.21. The van der Waals surface area contributed by atoms with Gasteiger partial charge in [0.1, 0.15) is 5.75 Å². The van der Waals surface area contributed by atoms with E-state index in [1.807, 2.05) is 24.4 Å². The smallest absolute Gasteiger partial charge is 0.223 e. The fourth-order valence-electron chi connectivity index (χ4n) is 4.87. The lowest BCUT2D eigenvalue weighted by Gasteiger charge is -2.35. The minimum Gasteiger partial charge on any atom is -0.490 e. The monoisotopic (exact) mass is 425 g/mol. The number of ether oxygens (including phenoxy) is 2. The van der Waals surface area contributed by atoms with Gasteiger partial charge in [-0.1, -0.05) is 19.1 Å². The average molecular weight is 426 g/mol. The maximum absolute atomic E-state index is 12.9. The first kappa shape index (κ1) is 22.0. The molecule has 0 bridgehead atoms. The Bertz CT molecular complexity index is 861. The summed E-state index contributed by atoms with van der Waals surface area (Å²) in [4.78, 5) is 17.1. The first-order chi connectivity index (χ1) is 15.1. The summed E-state index contributed by atoms with van der Waals surface area (Å²) in [6, 6.07) is 8.38. The van der Waals surface area contributed by atoms with Crippen LogP contribution in [-0.2, 0) is 9.53 Å². The summed E-state index contributed by atoms with van der Waals surface area (Å²) in [6.45, 7) is 2.81. The molecule has 2 fully saturated rings. The molecule has 2 aromatic rings. The molecule has 1 heterocycles. The van der Waals surface area contributed by atoms with Gasteiger partial charge in [0.2, 0.25) is 5.91 Å². The molecule has 0 unspecified atom stereocenters. The highest BCUT2D eigenvalue weighted by atomic mass is 16.5. The van der Waals surface area contributed by atoms with E-state index in [0.717, 1.165) is 67.9 Å². The van der Waals surface area contributed by atoms with Crippen molar-refractivity contribution in [3.8, 4) is 5.75 Å². The van der Waals surface area contributed by atoms with E-state index in [-0.39, 0.29) is 36.1 Å². The number of nitrogens with zero attached hydrogens (tertiary/aromatic N) is 1. The SMILES string of the molecule is CCCO[C@H]1C[C@@H](C(=O)NC2CCC(Oc3cccc4cnccc34)CC2)CC[C@@H]1N. The zero-order valence-corrected chi connectivity index (χ0v) is 18.5. The van der Waals surface area contributed by atoms with Crippen molar-refractivity contribution >= 4 is 16.7 Å². The van der Waals surface area contributed by atoms with Gasteiger partial charge in [-0.2, -0.15) is 0 Å². The molecule has 6 nitrogen and oxygen atoms in total. The third kappa shape index (κ3) is 5.55. The second kappa shape index (κ2) is 10.4. The molecule has 2 aliphatic rings. The number of amides is 1. The number of fused-ring (bicyclic) bond motifs is 1. The van der Waals surface area contributed by atoms with Gasteiger partial charge in [0.05, 0.1) is 12.2 Å². The number of aromatic nitrogens is 1. The van der Waals surface area contributed by atoms with Crippen LogP contribution in [0.25, 0.3) is 10.8 Å². The van der Waals surface area contributed by atoms with E-state index in [0.29, 0.717) is 6.61 Å². The molecule has 3 N–H and O–H groups in total. The normalized spacial score (nSPS) is 28.9. The van der Waals surface area contributed by atoms with Crippen LogP contribution >= 0.6 is 0 Å². The van der Waals surface area contributed by atoms with Gasteiger partial charge < -0.3 is 20.5 Å². The molecule has 1 amide bonds. The highest BCUT2D eigenvalue weighted by molar-refractivity contribution is 5.87. The van der Waals surface area contributed by atoms with Gasteiger partial charge in [-0.25, -0.2) is 0 Å². The van der Waals surface area contributed by atoms with Crippen molar-refractivity contribution < 1.29 is 14.3 Å². The number of hydrogen-bond acceptors (Lipinski definition) is 5. The predicted octanol–water partition coefficient (Wildman–Crippen LogP) is 3.96. The second-order valence-corrected chi connectivity index (χ2v) is 9.04. The van der Waals surface area contributed by atoms with E-state index in [1.54, 1.807) is 6.20 Å². The van der Waals surface area contributed by atoms with Crippen molar-refractivity contribution in [3.05, 3.63) is 36.7 Å². The quantitative estimate of drug-likeness (QED) is 0.701. The van der Waals surface area contributed by atoms with Gasteiger partial charge in [0.25, 0.3) is 0 Å². The third-order valence-corrected chi connectivity index (χ3v) is 6.70. The van der Waals surface area contributed by atoms with E-state index in [4.69, 9.17) is 15.2 Å². The van der Waals surface area contributed by atoms with Crippen LogP contribution in [0.5, 0.6) is 5.75 Å². The van der Waals surface area contributed by atoms with Crippen LogP contribution in [0, 0.1) is 5.92 Å². The number of benzene rings is 1. The molecule has 4 rings (SSSR count). The molecule has 168 valence electrons. The molecule has 6 heteroatoms. The molecule has 1 aromatic heterocycles. The van der Waals surface area contributed by atoms with Crippen molar-refractivity contribution in [2.24, 2.45) is 11.7 Å². The van der Waals surface area contributed by atoms with E-state index in [2.05, 4.69) is 23.3 Å². The van der Waals surface area contributed by atoms with Crippen molar-refractivity contribution in [2.75, 3.05) is 6.61 Å². The van der Waals surface area contributed by atoms with Crippen LogP contribution < -0.4 is 15.8 Å². The number of pyridine rings is 1. The van der Waals surface area contributed by atoms with Gasteiger partial charge in [-0.15, -0.1) is 0 Å². The molecule has 2 aliphatic carbocycles. The second-order valence-electron chi connectivity index (χ2n) is 9.04. The van der Waals surface area contributed by atoms with E-state index < -0.39 is 0 Å². The van der Waals surface area contributed by atoms with E-state index in [1.165, 1.54) is 0 Å². The Kier molecular flexibility index (Phi) is 7.41. The molecular formula is C25H35N3O3. The van der Waals surface area contributed by atoms with Crippen molar-refractivity contribution in [3.63, 3.8) is 0 Å². The maximum atomic E-state index is 12.9. The van der Waals surface area contributed by atoms with Crippen LogP contribution in [-0.4, -0.2) is 41.8 Å². The molecule has 3 atom stereocenters. The first-order valence-corrected chi connectivity index (χ1v) is 11.8. The molecule has 1 aromatic carbocycles. The molecule has 0 aliphatic heterocycles. The summed E-state index contributed by atoms with van der Waals surface area (Å²) in [5, 5.41) is 5.49. The Balaban J connectivity index is 1.26. The third-order valence-electron chi connectivity index (χ3n) is 6.70. The summed E-state index contributed by atoms with van der Waals surface area (Å²) >= 11 is 0. The van der Waals surface area contributed by atoms with Gasteiger partial charge in [-0.3, -0.25) is 9.78 Å². The summed E-state index contributed by atoms with van der Waals surface area (Å²) in [7, 11) is 0. The largest absolute Gasteiger partial charge is 0.490 e. The van der Waals surface area contributed by atoms with Gasteiger partial charge in [-0.05, 0) is 63.5 Å². The number of carbonyl (C=O) groups excluding carboxylic acids is 1. The zero-order chi connectivity index (χ0) is 21.6. The topological polar surface area (TPSA) is 86.5 Å². The lowest BCUT2D eigenvalue weighted by Crippen LogP contribution is -2.48. The highest BCUT2D eigenvalue weighted by Gasteiger charge is 2.34. The minimum atomic E-state index is 0.00415. The number of hydrogen-bond donors (Lipinski definition) is 2. The van der Waals surface area contributed by atoms with Gasteiger partial charge in [0.15, 0.2) is 0 Å². The number of rotatable bonds is 7. The van der Waals surface area contributed by atoms with Gasteiger partial charge in [0, 0.05) is 47.8 Å². The zero-order valence-electron chi connectivity index (χ0n) is 18.5. The Morgan fingerprint density at radius 3 is 2.81 bits per heavy atom. The number of nitrogens with one attached hydrogen (secondary N) is 1.